The van der Waals surface area contributed by atoms with Gasteiger partial charge in [0, 0.05) is 48.2 Å². The highest BCUT2D eigenvalue weighted by Gasteiger charge is 2.22. The van der Waals surface area contributed by atoms with Gasteiger partial charge in [-0.05, 0) is 17.7 Å². The van der Waals surface area contributed by atoms with Crippen molar-refractivity contribution < 1.29 is 4.92 Å². The zero-order valence-electron chi connectivity index (χ0n) is 14.5. The van der Waals surface area contributed by atoms with Crippen LogP contribution in [0.5, 0.6) is 0 Å². The predicted octanol–water partition coefficient (Wildman–Crippen LogP) is 4.20. The van der Waals surface area contributed by atoms with Crippen LogP contribution in [0.25, 0.3) is 11.3 Å². The van der Waals surface area contributed by atoms with E-state index in [1.165, 1.54) is 6.07 Å². The van der Waals surface area contributed by atoms with Gasteiger partial charge in [-0.3, -0.25) is 15.1 Å². The van der Waals surface area contributed by atoms with Crippen molar-refractivity contribution in [1.29, 1.82) is 0 Å². The Morgan fingerprint density at radius 1 is 1.16 bits per heavy atom. The van der Waals surface area contributed by atoms with Crippen LogP contribution in [0, 0.1) is 10.1 Å². The minimum absolute atomic E-state index is 0.0680. The number of imidazole rings is 1. The molecule has 2 aromatic heterocycles. The van der Waals surface area contributed by atoms with Crippen molar-refractivity contribution in [3.05, 3.63) is 76.5 Å². The topological polar surface area (TPSA) is 73.8 Å². The summed E-state index contributed by atoms with van der Waals surface area (Å²) < 4.78 is 2.10. The van der Waals surface area contributed by atoms with Crippen molar-refractivity contribution in [2.45, 2.75) is 32.7 Å². The molecule has 6 heteroatoms. The Labute approximate surface area is 146 Å². The average molecular weight is 336 g/mol. The Hall–Kier alpha value is -3.02. The lowest BCUT2D eigenvalue weighted by atomic mass is 9.95. The monoisotopic (exact) mass is 336 g/mol. The van der Waals surface area contributed by atoms with E-state index >= 15 is 0 Å². The fourth-order valence-electron chi connectivity index (χ4n) is 2.74. The van der Waals surface area contributed by atoms with Crippen LogP contribution in [-0.4, -0.2) is 19.5 Å². The third-order valence-corrected chi connectivity index (χ3v) is 3.90. The third-order valence-electron chi connectivity index (χ3n) is 3.90. The van der Waals surface area contributed by atoms with Gasteiger partial charge in [0.05, 0.1) is 10.6 Å². The molecule has 0 radical (unpaired) electrons. The van der Waals surface area contributed by atoms with Crippen LogP contribution >= 0.6 is 0 Å². The second kappa shape index (κ2) is 6.47. The Kier molecular flexibility index (Phi) is 4.35. The second-order valence-electron chi connectivity index (χ2n) is 6.99. The number of aromatic nitrogens is 3. The third kappa shape index (κ3) is 3.74. The summed E-state index contributed by atoms with van der Waals surface area (Å²) in [5.74, 6) is 0.936. The van der Waals surface area contributed by atoms with E-state index in [2.05, 4.69) is 30.3 Å². The molecule has 0 aliphatic heterocycles. The first-order valence-electron chi connectivity index (χ1n) is 8.06. The lowest BCUT2D eigenvalue weighted by molar-refractivity contribution is -0.384. The Bertz CT molecular complexity index is 895. The van der Waals surface area contributed by atoms with Crippen LogP contribution < -0.4 is 0 Å². The van der Waals surface area contributed by atoms with Crippen LogP contribution in [0.4, 0.5) is 5.69 Å². The summed E-state index contributed by atoms with van der Waals surface area (Å²) >= 11 is 0. The number of nitro benzene ring substituents is 1. The number of non-ortho nitro benzene ring substituents is 1. The summed E-state index contributed by atoms with van der Waals surface area (Å²) in [7, 11) is 0. The molecule has 1 aromatic carbocycles. The molecule has 0 N–H and O–H groups in total. The molecule has 0 spiro atoms. The Balaban J connectivity index is 2.04. The van der Waals surface area contributed by atoms with E-state index < -0.39 is 0 Å². The molecular formula is C19H20N4O2. The number of hydrogen-bond donors (Lipinski definition) is 0. The first-order valence-corrected chi connectivity index (χ1v) is 8.06. The van der Waals surface area contributed by atoms with Crippen LogP contribution in [0.2, 0.25) is 0 Å². The summed E-state index contributed by atoms with van der Waals surface area (Å²) in [6.07, 6.45) is 5.50. The van der Waals surface area contributed by atoms with Gasteiger partial charge < -0.3 is 4.57 Å². The zero-order chi connectivity index (χ0) is 18.0. The SMILES string of the molecule is CC(C)(C)c1nc(-c2cccc([N+](=O)[O-])c2)cn1Cc1ccncc1. The van der Waals surface area contributed by atoms with Crippen molar-refractivity contribution in [2.75, 3.05) is 0 Å². The molecule has 0 amide bonds. The molecule has 0 aliphatic rings. The van der Waals surface area contributed by atoms with Gasteiger partial charge in [-0.1, -0.05) is 32.9 Å². The van der Waals surface area contributed by atoms with E-state index in [-0.39, 0.29) is 16.0 Å². The van der Waals surface area contributed by atoms with Gasteiger partial charge in [0.15, 0.2) is 0 Å². The van der Waals surface area contributed by atoms with Gasteiger partial charge in [-0.2, -0.15) is 0 Å². The number of nitro groups is 1. The summed E-state index contributed by atoms with van der Waals surface area (Å²) in [6.45, 7) is 7.00. The smallest absolute Gasteiger partial charge is 0.270 e. The fourth-order valence-corrected chi connectivity index (χ4v) is 2.74. The van der Waals surface area contributed by atoms with E-state index in [1.807, 2.05) is 24.4 Å². The van der Waals surface area contributed by atoms with Crippen LogP contribution in [0.1, 0.15) is 32.2 Å². The van der Waals surface area contributed by atoms with E-state index in [1.54, 1.807) is 24.5 Å². The molecule has 0 bridgehead atoms. The molecule has 0 saturated heterocycles. The molecule has 3 rings (SSSR count). The Morgan fingerprint density at radius 2 is 1.88 bits per heavy atom. The maximum Gasteiger partial charge on any atom is 0.270 e. The largest absolute Gasteiger partial charge is 0.329 e. The first kappa shape index (κ1) is 16.8. The van der Waals surface area contributed by atoms with Crippen molar-refractivity contribution in [1.82, 2.24) is 14.5 Å². The summed E-state index contributed by atoms with van der Waals surface area (Å²) in [6, 6.07) is 10.5. The summed E-state index contributed by atoms with van der Waals surface area (Å²) in [5.41, 5.74) is 2.53. The number of hydrogen-bond acceptors (Lipinski definition) is 4. The fraction of sp³-hybridized carbons (Fsp3) is 0.263. The zero-order valence-corrected chi connectivity index (χ0v) is 14.5. The van der Waals surface area contributed by atoms with E-state index in [0.29, 0.717) is 6.54 Å². The molecular weight excluding hydrogens is 316 g/mol. The quantitative estimate of drug-likeness (QED) is 0.528. The van der Waals surface area contributed by atoms with Gasteiger partial charge in [-0.15, -0.1) is 0 Å². The molecule has 0 aliphatic carbocycles. The standard InChI is InChI=1S/C19H20N4O2/c1-19(2,3)18-21-17(15-5-4-6-16(11-15)23(24)25)13-22(18)12-14-7-9-20-10-8-14/h4-11,13H,12H2,1-3H3. The molecule has 0 atom stereocenters. The highest BCUT2D eigenvalue weighted by molar-refractivity contribution is 5.62. The van der Waals surface area contributed by atoms with Gasteiger partial charge >= 0.3 is 0 Å². The lowest BCUT2D eigenvalue weighted by Crippen LogP contribution is -2.19. The van der Waals surface area contributed by atoms with Gasteiger partial charge in [0.2, 0.25) is 0 Å². The van der Waals surface area contributed by atoms with E-state index in [0.717, 1.165) is 22.6 Å². The molecule has 0 fully saturated rings. The molecule has 128 valence electrons. The van der Waals surface area contributed by atoms with Crippen molar-refractivity contribution in [2.24, 2.45) is 0 Å². The minimum atomic E-state index is -0.387. The number of benzene rings is 1. The molecule has 25 heavy (non-hydrogen) atoms. The molecule has 0 unspecified atom stereocenters. The molecule has 3 aromatic rings. The summed E-state index contributed by atoms with van der Waals surface area (Å²) in [4.78, 5) is 19.5. The molecule has 0 saturated carbocycles. The number of nitrogens with zero attached hydrogens (tertiary/aromatic N) is 4. The first-order chi connectivity index (χ1) is 11.8. The van der Waals surface area contributed by atoms with Crippen molar-refractivity contribution >= 4 is 5.69 Å². The Morgan fingerprint density at radius 3 is 2.52 bits per heavy atom. The van der Waals surface area contributed by atoms with Gasteiger partial charge in [-0.25, -0.2) is 4.98 Å². The maximum atomic E-state index is 11.0. The number of rotatable bonds is 4. The molecule has 6 nitrogen and oxygen atoms in total. The predicted molar refractivity (Wildman–Crippen MR) is 96.4 cm³/mol. The van der Waals surface area contributed by atoms with Crippen molar-refractivity contribution in [3.8, 4) is 11.3 Å². The highest BCUT2D eigenvalue weighted by Crippen LogP contribution is 2.28. The van der Waals surface area contributed by atoms with E-state index in [9.17, 15) is 10.1 Å². The van der Waals surface area contributed by atoms with Crippen LogP contribution in [0.15, 0.2) is 55.0 Å². The normalized spacial score (nSPS) is 11.5. The summed E-state index contributed by atoms with van der Waals surface area (Å²) in [5, 5.41) is 11.0. The number of pyridine rings is 1. The minimum Gasteiger partial charge on any atom is -0.329 e. The van der Waals surface area contributed by atoms with Crippen LogP contribution in [0.3, 0.4) is 0 Å². The van der Waals surface area contributed by atoms with Gasteiger partial charge in [0.25, 0.3) is 5.69 Å². The van der Waals surface area contributed by atoms with E-state index in [4.69, 9.17) is 4.98 Å². The van der Waals surface area contributed by atoms with Crippen molar-refractivity contribution in [3.63, 3.8) is 0 Å². The maximum absolute atomic E-state index is 11.0. The van der Waals surface area contributed by atoms with Gasteiger partial charge in [0.1, 0.15) is 5.82 Å². The average Bonchev–Trinajstić information content (AvgIpc) is 3.00. The van der Waals surface area contributed by atoms with Crippen LogP contribution in [-0.2, 0) is 12.0 Å². The second-order valence-corrected chi connectivity index (χ2v) is 6.99. The highest BCUT2D eigenvalue weighted by atomic mass is 16.6. The molecule has 2 heterocycles. The lowest BCUT2D eigenvalue weighted by Gasteiger charge is -2.19.